The SMILES string of the molecule is CN(C)CCSC1CC(C(C)(C)C)CCC1N. The van der Waals surface area contributed by atoms with Crippen LogP contribution in [0.25, 0.3) is 0 Å². The highest BCUT2D eigenvalue weighted by Crippen LogP contribution is 2.40. The summed E-state index contributed by atoms with van der Waals surface area (Å²) in [5.41, 5.74) is 6.71. The Morgan fingerprint density at radius 2 is 1.88 bits per heavy atom. The van der Waals surface area contributed by atoms with E-state index >= 15 is 0 Å². The lowest BCUT2D eigenvalue weighted by Gasteiger charge is -2.40. The van der Waals surface area contributed by atoms with Crippen molar-refractivity contribution in [3.63, 3.8) is 0 Å². The molecule has 2 N–H and O–H groups in total. The molecule has 1 saturated carbocycles. The number of nitrogens with zero attached hydrogens (tertiary/aromatic N) is 1. The highest BCUT2D eigenvalue weighted by Gasteiger charge is 2.34. The normalized spacial score (nSPS) is 30.9. The second kappa shape index (κ2) is 6.44. The monoisotopic (exact) mass is 258 g/mol. The fourth-order valence-corrected chi connectivity index (χ4v) is 4.04. The van der Waals surface area contributed by atoms with Crippen LogP contribution in [0, 0.1) is 11.3 Å². The van der Waals surface area contributed by atoms with Gasteiger partial charge < -0.3 is 10.6 Å². The summed E-state index contributed by atoms with van der Waals surface area (Å²) in [6, 6.07) is 0.417. The van der Waals surface area contributed by atoms with E-state index in [-0.39, 0.29) is 0 Å². The van der Waals surface area contributed by atoms with Gasteiger partial charge in [-0.1, -0.05) is 20.8 Å². The third kappa shape index (κ3) is 5.19. The summed E-state index contributed by atoms with van der Waals surface area (Å²) in [5, 5.41) is 0.674. The Morgan fingerprint density at radius 1 is 1.24 bits per heavy atom. The van der Waals surface area contributed by atoms with Crippen LogP contribution in [0.1, 0.15) is 40.0 Å². The first-order valence-corrected chi connectivity index (χ1v) is 7.87. The van der Waals surface area contributed by atoms with Crippen LogP contribution in [-0.4, -0.2) is 42.6 Å². The predicted molar refractivity (Wildman–Crippen MR) is 79.6 cm³/mol. The van der Waals surface area contributed by atoms with Crippen LogP contribution >= 0.6 is 11.8 Å². The van der Waals surface area contributed by atoms with Crippen LogP contribution in [0.3, 0.4) is 0 Å². The maximum absolute atomic E-state index is 6.27. The second-order valence-corrected chi connectivity index (χ2v) is 8.10. The molecule has 0 amide bonds. The van der Waals surface area contributed by atoms with Crippen LogP contribution in [0.2, 0.25) is 0 Å². The molecule has 0 aliphatic heterocycles. The molecule has 3 atom stereocenters. The molecule has 102 valence electrons. The molecule has 0 heterocycles. The van der Waals surface area contributed by atoms with E-state index in [1.165, 1.54) is 25.0 Å². The molecule has 0 spiro atoms. The van der Waals surface area contributed by atoms with E-state index in [0.717, 1.165) is 12.5 Å². The Kier molecular flexibility index (Phi) is 5.81. The Morgan fingerprint density at radius 3 is 2.41 bits per heavy atom. The predicted octanol–water partition coefficient (Wildman–Crippen LogP) is 2.82. The minimum Gasteiger partial charge on any atom is -0.327 e. The van der Waals surface area contributed by atoms with Gasteiger partial charge in [-0.15, -0.1) is 0 Å². The molecule has 0 bridgehead atoms. The molecular formula is C14H30N2S. The molecule has 0 radical (unpaired) electrons. The molecule has 2 nitrogen and oxygen atoms in total. The highest BCUT2D eigenvalue weighted by molar-refractivity contribution is 8.00. The van der Waals surface area contributed by atoms with Crippen molar-refractivity contribution in [2.24, 2.45) is 17.1 Å². The molecule has 0 aromatic heterocycles. The molecule has 0 saturated heterocycles. The van der Waals surface area contributed by atoms with E-state index in [2.05, 4.69) is 51.5 Å². The van der Waals surface area contributed by atoms with Crippen molar-refractivity contribution >= 4 is 11.8 Å². The Hall–Kier alpha value is 0.270. The van der Waals surface area contributed by atoms with Gasteiger partial charge in [0.05, 0.1) is 0 Å². The first-order chi connectivity index (χ1) is 7.80. The van der Waals surface area contributed by atoms with Gasteiger partial charge in [0.15, 0.2) is 0 Å². The van der Waals surface area contributed by atoms with E-state index in [9.17, 15) is 0 Å². The van der Waals surface area contributed by atoms with E-state index in [1.54, 1.807) is 0 Å². The van der Waals surface area contributed by atoms with Gasteiger partial charge in [0.1, 0.15) is 0 Å². The summed E-state index contributed by atoms with van der Waals surface area (Å²) in [6.07, 6.45) is 3.83. The summed E-state index contributed by atoms with van der Waals surface area (Å²) in [5.74, 6) is 2.06. The highest BCUT2D eigenvalue weighted by atomic mass is 32.2. The lowest BCUT2D eigenvalue weighted by atomic mass is 9.71. The summed E-state index contributed by atoms with van der Waals surface area (Å²) >= 11 is 2.09. The zero-order valence-electron chi connectivity index (χ0n) is 12.2. The molecule has 3 unspecified atom stereocenters. The Labute approximate surface area is 112 Å². The smallest absolute Gasteiger partial charge is 0.0202 e. The summed E-state index contributed by atoms with van der Waals surface area (Å²) in [6.45, 7) is 8.27. The van der Waals surface area contributed by atoms with Crippen molar-refractivity contribution < 1.29 is 0 Å². The van der Waals surface area contributed by atoms with Crippen molar-refractivity contribution in [3.8, 4) is 0 Å². The van der Waals surface area contributed by atoms with E-state index < -0.39 is 0 Å². The van der Waals surface area contributed by atoms with Crippen LogP contribution in [0.15, 0.2) is 0 Å². The third-order valence-electron chi connectivity index (χ3n) is 3.94. The van der Waals surface area contributed by atoms with Gasteiger partial charge in [-0.3, -0.25) is 0 Å². The fraction of sp³-hybridized carbons (Fsp3) is 1.00. The molecule has 1 rings (SSSR count). The molecule has 0 aromatic carbocycles. The first-order valence-electron chi connectivity index (χ1n) is 6.82. The maximum atomic E-state index is 6.27. The zero-order valence-corrected chi connectivity index (χ0v) is 13.0. The summed E-state index contributed by atoms with van der Waals surface area (Å²) < 4.78 is 0. The van der Waals surface area contributed by atoms with Gasteiger partial charge in [0, 0.05) is 23.6 Å². The third-order valence-corrected chi connectivity index (χ3v) is 5.33. The number of hydrogen-bond donors (Lipinski definition) is 1. The quantitative estimate of drug-likeness (QED) is 0.841. The molecular weight excluding hydrogens is 228 g/mol. The molecule has 1 aliphatic rings. The number of hydrogen-bond acceptors (Lipinski definition) is 3. The van der Waals surface area contributed by atoms with Crippen molar-refractivity contribution in [1.82, 2.24) is 4.90 Å². The lowest BCUT2D eigenvalue weighted by Crippen LogP contribution is -2.42. The topological polar surface area (TPSA) is 29.3 Å². The average Bonchev–Trinajstić information content (AvgIpc) is 2.18. The van der Waals surface area contributed by atoms with E-state index in [4.69, 9.17) is 5.73 Å². The Balaban J connectivity index is 2.41. The minimum absolute atomic E-state index is 0.417. The number of rotatable bonds is 4. The van der Waals surface area contributed by atoms with Gasteiger partial charge in [-0.2, -0.15) is 11.8 Å². The lowest BCUT2D eigenvalue weighted by molar-refractivity contribution is 0.174. The standard InChI is InChI=1S/C14H30N2S/c1-14(2,3)11-6-7-12(15)13(10-11)17-9-8-16(4)5/h11-13H,6-10,15H2,1-5H3. The second-order valence-electron chi connectivity index (χ2n) is 6.75. The van der Waals surface area contributed by atoms with Crippen molar-refractivity contribution in [2.45, 2.75) is 51.3 Å². The van der Waals surface area contributed by atoms with Gasteiger partial charge >= 0.3 is 0 Å². The molecule has 1 fully saturated rings. The largest absolute Gasteiger partial charge is 0.327 e. The average molecular weight is 258 g/mol. The zero-order chi connectivity index (χ0) is 13.1. The van der Waals surface area contributed by atoms with Crippen molar-refractivity contribution in [3.05, 3.63) is 0 Å². The first kappa shape index (κ1) is 15.3. The molecule has 3 heteroatoms. The molecule has 17 heavy (non-hydrogen) atoms. The summed E-state index contributed by atoms with van der Waals surface area (Å²) in [7, 11) is 4.28. The molecule has 0 aromatic rings. The van der Waals surface area contributed by atoms with Crippen molar-refractivity contribution in [1.29, 1.82) is 0 Å². The molecule has 1 aliphatic carbocycles. The van der Waals surface area contributed by atoms with Crippen molar-refractivity contribution in [2.75, 3.05) is 26.4 Å². The van der Waals surface area contributed by atoms with Crippen LogP contribution in [0.5, 0.6) is 0 Å². The van der Waals surface area contributed by atoms with Crippen LogP contribution < -0.4 is 5.73 Å². The number of nitrogens with two attached hydrogens (primary N) is 1. The van der Waals surface area contributed by atoms with Gasteiger partial charge in [-0.25, -0.2) is 0 Å². The Bertz CT molecular complexity index is 223. The fourth-order valence-electron chi connectivity index (χ4n) is 2.52. The van der Waals surface area contributed by atoms with Gasteiger partial charge in [0.25, 0.3) is 0 Å². The van der Waals surface area contributed by atoms with Gasteiger partial charge in [-0.05, 0) is 44.7 Å². The van der Waals surface area contributed by atoms with E-state index in [1.807, 2.05) is 0 Å². The maximum Gasteiger partial charge on any atom is 0.0202 e. The summed E-state index contributed by atoms with van der Waals surface area (Å²) in [4.78, 5) is 2.25. The van der Waals surface area contributed by atoms with Crippen LogP contribution in [0.4, 0.5) is 0 Å². The van der Waals surface area contributed by atoms with Crippen LogP contribution in [-0.2, 0) is 0 Å². The van der Waals surface area contributed by atoms with Gasteiger partial charge in [0.2, 0.25) is 0 Å². The minimum atomic E-state index is 0.417. The number of thioether (sulfide) groups is 1. The van der Waals surface area contributed by atoms with E-state index in [0.29, 0.717) is 16.7 Å².